The van der Waals surface area contributed by atoms with Gasteiger partial charge in [-0.05, 0) is 38.8 Å². The van der Waals surface area contributed by atoms with E-state index < -0.39 is 0 Å². The molecule has 0 aromatic carbocycles. The summed E-state index contributed by atoms with van der Waals surface area (Å²) in [6, 6.07) is 3.99. The zero-order chi connectivity index (χ0) is 14.5. The van der Waals surface area contributed by atoms with E-state index in [0.29, 0.717) is 5.92 Å². The van der Waals surface area contributed by atoms with E-state index in [-0.39, 0.29) is 36.1 Å². The lowest BCUT2D eigenvalue weighted by atomic mass is 10.1. The Bertz CT molecular complexity index is 462. The number of aliphatic hydroxyl groups is 1. The van der Waals surface area contributed by atoms with Gasteiger partial charge in [-0.25, -0.2) is 0 Å². The molecule has 0 amide bonds. The Morgan fingerprint density at radius 1 is 1.48 bits per heavy atom. The van der Waals surface area contributed by atoms with Gasteiger partial charge in [0.25, 0.3) is 0 Å². The van der Waals surface area contributed by atoms with E-state index in [4.69, 9.17) is 4.42 Å². The fourth-order valence-electron chi connectivity index (χ4n) is 2.64. The average molecular weight is 407 g/mol. The first kappa shape index (κ1) is 18.3. The molecule has 1 saturated carbocycles. The number of rotatable bonds is 4. The molecule has 21 heavy (non-hydrogen) atoms. The van der Waals surface area contributed by atoms with Crippen LogP contribution < -0.4 is 10.6 Å². The second-order valence-corrected chi connectivity index (χ2v) is 5.53. The highest BCUT2D eigenvalue weighted by atomic mass is 127. The normalized spacial score (nSPS) is 23.5. The Kier molecular flexibility index (Phi) is 7.51. The third kappa shape index (κ3) is 5.18. The summed E-state index contributed by atoms with van der Waals surface area (Å²) in [5.74, 6) is 2.87. The van der Waals surface area contributed by atoms with Crippen molar-refractivity contribution in [3.63, 3.8) is 0 Å². The summed E-state index contributed by atoms with van der Waals surface area (Å²) in [6.45, 7) is 4.73. The number of aliphatic hydroxyl groups excluding tert-OH is 1. The Morgan fingerprint density at radius 3 is 2.76 bits per heavy atom. The molecule has 0 bridgehead atoms. The Labute approximate surface area is 143 Å². The molecule has 0 radical (unpaired) electrons. The highest BCUT2D eigenvalue weighted by Crippen LogP contribution is 2.24. The number of hydrogen-bond acceptors (Lipinski definition) is 3. The van der Waals surface area contributed by atoms with Gasteiger partial charge in [-0.3, -0.25) is 4.99 Å². The minimum atomic E-state index is -0.175. The van der Waals surface area contributed by atoms with E-state index in [9.17, 15) is 5.11 Å². The molecule has 5 nitrogen and oxygen atoms in total. The summed E-state index contributed by atoms with van der Waals surface area (Å²) in [6.07, 6.45) is 2.94. The van der Waals surface area contributed by atoms with Crippen LogP contribution in [-0.4, -0.2) is 30.8 Å². The topological polar surface area (TPSA) is 69.8 Å². The van der Waals surface area contributed by atoms with Crippen LogP contribution in [0.5, 0.6) is 0 Å². The average Bonchev–Trinajstić information content (AvgIpc) is 3.03. The number of halogens is 1. The Balaban J connectivity index is 0.00000220. The molecule has 3 N–H and O–H groups in total. The summed E-state index contributed by atoms with van der Waals surface area (Å²) in [4.78, 5) is 4.22. The van der Waals surface area contributed by atoms with Gasteiger partial charge < -0.3 is 20.2 Å². The van der Waals surface area contributed by atoms with Crippen LogP contribution in [0.3, 0.4) is 0 Å². The van der Waals surface area contributed by atoms with Gasteiger partial charge in [0.15, 0.2) is 5.96 Å². The van der Waals surface area contributed by atoms with Crippen LogP contribution in [0.25, 0.3) is 0 Å². The molecule has 1 heterocycles. The van der Waals surface area contributed by atoms with Crippen molar-refractivity contribution in [2.24, 2.45) is 10.9 Å². The largest absolute Gasteiger partial charge is 0.464 e. The van der Waals surface area contributed by atoms with Gasteiger partial charge in [-0.1, -0.05) is 6.42 Å². The third-order valence-corrected chi connectivity index (χ3v) is 3.92. The summed E-state index contributed by atoms with van der Waals surface area (Å²) in [5, 5.41) is 16.4. The van der Waals surface area contributed by atoms with Gasteiger partial charge in [0.1, 0.15) is 11.5 Å². The number of aliphatic imine (C=N–C) groups is 1. The minimum absolute atomic E-state index is 0. The number of hydrogen-bond donors (Lipinski definition) is 3. The van der Waals surface area contributed by atoms with Crippen molar-refractivity contribution >= 4 is 29.9 Å². The fraction of sp³-hybridized carbons (Fsp3) is 0.667. The van der Waals surface area contributed by atoms with Crippen LogP contribution in [0.4, 0.5) is 0 Å². The van der Waals surface area contributed by atoms with Gasteiger partial charge in [-0.2, -0.15) is 0 Å². The van der Waals surface area contributed by atoms with Gasteiger partial charge in [-0.15, -0.1) is 24.0 Å². The molecule has 2 rings (SSSR count). The quantitative estimate of drug-likeness (QED) is 0.408. The molecule has 120 valence electrons. The van der Waals surface area contributed by atoms with Crippen LogP contribution in [0.2, 0.25) is 0 Å². The molecule has 3 atom stereocenters. The second kappa shape index (κ2) is 8.63. The van der Waals surface area contributed by atoms with Crippen molar-refractivity contribution in [3.8, 4) is 0 Å². The lowest BCUT2D eigenvalue weighted by molar-refractivity contribution is 0.134. The lowest BCUT2D eigenvalue weighted by Crippen LogP contribution is -2.41. The van der Waals surface area contributed by atoms with Crippen molar-refractivity contribution in [1.82, 2.24) is 10.6 Å². The van der Waals surface area contributed by atoms with E-state index in [0.717, 1.165) is 43.3 Å². The first-order valence-electron chi connectivity index (χ1n) is 7.31. The molecule has 0 saturated heterocycles. The molecule has 1 aliphatic rings. The summed E-state index contributed by atoms with van der Waals surface area (Å²) < 4.78 is 5.60. The first-order chi connectivity index (χ1) is 9.60. The lowest BCUT2D eigenvalue weighted by Gasteiger charge is -2.20. The van der Waals surface area contributed by atoms with E-state index in [1.165, 1.54) is 0 Å². The molecule has 1 aromatic heterocycles. The summed E-state index contributed by atoms with van der Waals surface area (Å²) in [7, 11) is 1.75. The number of aryl methyl sites for hydroxylation is 1. The van der Waals surface area contributed by atoms with Crippen molar-refractivity contribution in [2.75, 3.05) is 13.6 Å². The van der Waals surface area contributed by atoms with Crippen molar-refractivity contribution < 1.29 is 9.52 Å². The standard InChI is InChI=1S/C15H25N3O2.HI/c1-10-7-8-14(20-10)11(2)18-15(16-3)17-9-12-5-4-6-13(12)19;/h7-8,11-13,19H,4-6,9H2,1-3H3,(H2,16,17,18);1H. The number of nitrogens with one attached hydrogen (secondary N) is 2. The zero-order valence-electron chi connectivity index (χ0n) is 12.9. The molecule has 0 spiro atoms. The molecular formula is C15H26IN3O2. The van der Waals surface area contributed by atoms with Crippen molar-refractivity contribution in [2.45, 2.75) is 45.3 Å². The maximum absolute atomic E-state index is 9.82. The monoisotopic (exact) mass is 407 g/mol. The smallest absolute Gasteiger partial charge is 0.191 e. The third-order valence-electron chi connectivity index (χ3n) is 3.92. The van der Waals surface area contributed by atoms with Crippen LogP contribution in [-0.2, 0) is 0 Å². The molecular weight excluding hydrogens is 381 g/mol. The number of nitrogens with zero attached hydrogens (tertiary/aromatic N) is 1. The second-order valence-electron chi connectivity index (χ2n) is 5.53. The minimum Gasteiger partial charge on any atom is -0.464 e. The Hall–Kier alpha value is -0.760. The molecule has 1 aromatic rings. The summed E-state index contributed by atoms with van der Waals surface area (Å²) in [5.41, 5.74) is 0. The van der Waals surface area contributed by atoms with Crippen LogP contribution in [0.1, 0.15) is 43.7 Å². The molecule has 0 aliphatic heterocycles. The molecule has 1 aliphatic carbocycles. The maximum Gasteiger partial charge on any atom is 0.191 e. The van der Waals surface area contributed by atoms with Gasteiger partial charge in [0.2, 0.25) is 0 Å². The van der Waals surface area contributed by atoms with E-state index in [1.54, 1.807) is 7.05 Å². The summed E-state index contributed by atoms with van der Waals surface area (Å²) >= 11 is 0. The fourth-order valence-corrected chi connectivity index (χ4v) is 2.64. The Morgan fingerprint density at radius 2 is 2.24 bits per heavy atom. The highest BCUT2D eigenvalue weighted by molar-refractivity contribution is 14.0. The van der Waals surface area contributed by atoms with Gasteiger partial charge in [0.05, 0.1) is 12.1 Å². The van der Waals surface area contributed by atoms with Crippen molar-refractivity contribution in [3.05, 3.63) is 23.7 Å². The zero-order valence-corrected chi connectivity index (χ0v) is 15.3. The van der Waals surface area contributed by atoms with E-state index >= 15 is 0 Å². The predicted octanol–water partition coefficient (Wildman–Crippen LogP) is 2.59. The predicted molar refractivity (Wildman–Crippen MR) is 95.1 cm³/mol. The maximum atomic E-state index is 9.82. The van der Waals surface area contributed by atoms with Crippen LogP contribution >= 0.6 is 24.0 Å². The van der Waals surface area contributed by atoms with Gasteiger partial charge in [0, 0.05) is 19.5 Å². The number of guanidine groups is 1. The van der Waals surface area contributed by atoms with Crippen LogP contribution in [0, 0.1) is 12.8 Å². The number of furan rings is 1. The van der Waals surface area contributed by atoms with E-state index in [1.807, 2.05) is 26.0 Å². The molecule has 6 heteroatoms. The highest BCUT2D eigenvalue weighted by Gasteiger charge is 2.25. The van der Waals surface area contributed by atoms with Crippen molar-refractivity contribution in [1.29, 1.82) is 0 Å². The molecule has 3 unspecified atom stereocenters. The van der Waals surface area contributed by atoms with Gasteiger partial charge >= 0.3 is 0 Å². The van der Waals surface area contributed by atoms with E-state index in [2.05, 4.69) is 15.6 Å². The van der Waals surface area contributed by atoms with Crippen LogP contribution in [0.15, 0.2) is 21.5 Å². The molecule has 1 fully saturated rings. The SMILES string of the molecule is CN=C(NCC1CCCC1O)NC(C)c1ccc(C)o1.I. The first-order valence-corrected chi connectivity index (χ1v) is 7.31.